The van der Waals surface area contributed by atoms with Crippen LogP contribution in [-0.4, -0.2) is 18.9 Å². The lowest BCUT2D eigenvalue weighted by atomic mass is 10.1. The highest BCUT2D eigenvalue weighted by molar-refractivity contribution is 6.31. The molecule has 2 rings (SSSR count). The topological polar surface area (TPSA) is 58.2 Å². The Morgan fingerprint density at radius 2 is 1.75 bits per heavy atom. The summed E-state index contributed by atoms with van der Waals surface area (Å²) in [5.41, 5.74) is 1.30. The number of benzene rings is 2. The molecule has 0 radical (unpaired) electrons. The number of carbonyl (C=O) groups is 2. The largest absolute Gasteiger partial charge is 0.355 e. The van der Waals surface area contributed by atoms with Crippen molar-refractivity contribution in [2.75, 3.05) is 12.4 Å². The molecular formula is C15H13ClN2O2. The van der Waals surface area contributed by atoms with E-state index in [1.54, 1.807) is 48.5 Å². The van der Waals surface area contributed by atoms with Crippen molar-refractivity contribution in [3.05, 3.63) is 64.7 Å². The predicted molar refractivity (Wildman–Crippen MR) is 79.2 cm³/mol. The molecule has 2 aromatic rings. The fourth-order valence-corrected chi connectivity index (χ4v) is 1.94. The van der Waals surface area contributed by atoms with Gasteiger partial charge in [-0.1, -0.05) is 29.8 Å². The lowest BCUT2D eigenvalue weighted by Gasteiger charge is -2.10. The van der Waals surface area contributed by atoms with E-state index >= 15 is 0 Å². The quantitative estimate of drug-likeness (QED) is 0.912. The molecule has 0 fully saturated rings. The number of hydrogen-bond donors (Lipinski definition) is 2. The van der Waals surface area contributed by atoms with Crippen LogP contribution >= 0.6 is 11.6 Å². The first kappa shape index (κ1) is 14.1. The van der Waals surface area contributed by atoms with Crippen LogP contribution in [0.2, 0.25) is 5.02 Å². The standard InChI is InChI=1S/C15H13ClN2O2/c1-17-15(20)12-7-2-3-8-13(12)18-14(19)10-5-4-6-11(16)9-10/h2-9H,1H3,(H,17,20)(H,18,19). The number of halogens is 1. The second-order valence-electron chi connectivity index (χ2n) is 4.09. The van der Waals surface area contributed by atoms with Gasteiger partial charge in [-0.25, -0.2) is 0 Å². The Morgan fingerprint density at radius 3 is 2.45 bits per heavy atom. The minimum absolute atomic E-state index is 0.257. The second-order valence-corrected chi connectivity index (χ2v) is 4.53. The number of para-hydroxylation sites is 1. The van der Waals surface area contributed by atoms with Crippen molar-refractivity contribution in [2.45, 2.75) is 0 Å². The fourth-order valence-electron chi connectivity index (χ4n) is 1.75. The minimum Gasteiger partial charge on any atom is -0.355 e. The number of amides is 2. The molecule has 0 aliphatic heterocycles. The van der Waals surface area contributed by atoms with Crippen LogP contribution in [0.3, 0.4) is 0 Å². The highest BCUT2D eigenvalue weighted by Gasteiger charge is 2.12. The highest BCUT2D eigenvalue weighted by atomic mass is 35.5. The molecule has 102 valence electrons. The maximum Gasteiger partial charge on any atom is 0.255 e. The summed E-state index contributed by atoms with van der Waals surface area (Å²) in [5.74, 6) is -0.573. The molecule has 2 aromatic carbocycles. The lowest BCUT2D eigenvalue weighted by molar-refractivity contribution is 0.0964. The van der Waals surface area contributed by atoms with Gasteiger partial charge in [-0.3, -0.25) is 9.59 Å². The van der Waals surface area contributed by atoms with Crippen molar-refractivity contribution in [3.63, 3.8) is 0 Å². The van der Waals surface area contributed by atoms with Crippen LogP contribution in [0.4, 0.5) is 5.69 Å². The molecule has 0 atom stereocenters. The van der Waals surface area contributed by atoms with Gasteiger partial charge in [-0.05, 0) is 30.3 Å². The van der Waals surface area contributed by atoms with Gasteiger partial charge in [0.2, 0.25) is 0 Å². The van der Waals surface area contributed by atoms with Crippen LogP contribution in [0.5, 0.6) is 0 Å². The van der Waals surface area contributed by atoms with E-state index in [1.807, 2.05) is 0 Å². The average Bonchev–Trinajstić information content (AvgIpc) is 2.47. The van der Waals surface area contributed by atoms with Gasteiger partial charge in [0.05, 0.1) is 11.3 Å². The van der Waals surface area contributed by atoms with Gasteiger partial charge in [-0.15, -0.1) is 0 Å². The Morgan fingerprint density at radius 1 is 1.00 bits per heavy atom. The van der Waals surface area contributed by atoms with Gasteiger partial charge in [0, 0.05) is 17.6 Å². The summed E-state index contributed by atoms with van der Waals surface area (Å²) in [6.07, 6.45) is 0. The van der Waals surface area contributed by atoms with Crippen LogP contribution in [0.25, 0.3) is 0 Å². The average molecular weight is 289 g/mol. The number of anilines is 1. The summed E-state index contributed by atoms with van der Waals surface area (Å²) < 4.78 is 0. The lowest BCUT2D eigenvalue weighted by Crippen LogP contribution is -2.21. The number of rotatable bonds is 3. The monoisotopic (exact) mass is 288 g/mol. The Bertz CT molecular complexity index is 656. The van der Waals surface area contributed by atoms with Gasteiger partial charge in [-0.2, -0.15) is 0 Å². The Balaban J connectivity index is 2.26. The van der Waals surface area contributed by atoms with Crippen molar-refractivity contribution in [3.8, 4) is 0 Å². The zero-order valence-electron chi connectivity index (χ0n) is 10.8. The molecule has 0 unspecified atom stereocenters. The summed E-state index contributed by atoms with van der Waals surface area (Å²) in [4.78, 5) is 23.9. The number of hydrogen-bond acceptors (Lipinski definition) is 2. The molecule has 5 heteroatoms. The van der Waals surface area contributed by atoms with Crippen molar-refractivity contribution < 1.29 is 9.59 Å². The zero-order valence-corrected chi connectivity index (χ0v) is 11.6. The first-order chi connectivity index (χ1) is 9.61. The summed E-state index contributed by atoms with van der Waals surface area (Å²) in [7, 11) is 1.54. The van der Waals surface area contributed by atoms with E-state index in [9.17, 15) is 9.59 Å². The summed E-state index contributed by atoms with van der Waals surface area (Å²) in [6, 6.07) is 13.4. The number of nitrogens with one attached hydrogen (secondary N) is 2. The first-order valence-electron chi connectivity index (χ1n) is 6.00. The minimum atomic E-state index is -0.316. The summed E-state index contributed by atoms with van der Waals surface area (Å²) in [5, 5.41) is 5.73. The molecular weight excluding hydrogens is 276 g/mol. The van der Waals surface area contributed by atoms with Gasteiger partial charge in [0.15, 0.2) is 0 Å². The summed E-state index contributed by atoms with van der Waals surface area (Å²) >= 11 is 5.85. The number of carbonyl (C=O) groups excluding carboxylic acids is 2. The Labute approximate surface area is 121 Å². The van der Waals surface area contributed by atoms with Crippen LogP contribution in [-0.2, 0) is 0 Å². The van der Waals surface area contributed by atoms with Crippen LogP contribution in [0.15, 0.2) is 48.5 Å². The molecule has 20 heavy (non-hydrogen) atoms. The van der Waals surface area contributed by atoms with Gasteiger partial charge in [0.25, 0.3) is 11.8 Å². The molecule has 0 heterocycles. The normalized spacial score (nSPS) is 9.90. The smallest absolute Gasteiger partial charge is 0.255 e. The van der Waals surface area contributed by atoms with Gasteiger partial charge in [0.1, 0.15) is 0 Å². The maximum absolute atomic E-state index is 12.1. The Kier molecular flexibility index (Phi) is 4.38. The van der Waals surface area contributed by atoms with E-state index in [4.69, 9.17) is 11.6 Å². The molecule has 0 aliphatic rings. The van der Waals surface area contributed by atoms with Gasteiger partial charge < -0.3 is 10.6 Å². The molecule has 4 nitrogen and oxygen atoms in total. The van der Waals surface area contributed by atoms with Crippen molar-refractivity contribution >= 4 is 29.1 Å². The molecule has 0 saturated carbocycles. The molecule has 2 N–H and O–H groups in total. The molecule has 0 aromatic heterocycles. The van der Waals surface area contributed by atoms with E-state index < -0.39 is 0 Å². The maximum atomic E-state index is 12.1. The third-order valence-electron chi connectivity index (χ3n) is 2.73. The highest BCUT2D eigenvalue weighted by Crippen LogP contribution is 2.17. The van der Waals surface area contributed by atoms with Crippen molar-refractivity contribution in [1.29, 1.82) is 0 Å². The molecule has 2 amide bonds. The van der Waals surface area contributed by atoms with Crippen LogP contribution in [0, 0.1) is 0 Å². The van der Waals surface area contributed by atoms with Crippen LogP contribution < -0.4 is 10.6 Å². The fraction of sp³-hybridized carbons (Fsp3) is 0.0667. The van der Waals surface area contributed by atoms with E-state index in [2.05, 4.69) is 10.6 Å². The second kappa shape index (κ2) is 6.21. The van der Waals surface area contributed by atoms with E-state index in [-0.39, 0.29) is 11.8 Å². The zero-order chi connectivity index (χ0) is 14.5. The molecule has 0 saturated heterocycles. The van der Waals surface area contributed by atoms with E-state index in [0.717, 1.165) is 0 Å². The SMILES string of the molecule is CNC(=O)c1ccccc1NC(=O)c1cccc(Cl)c1. The molecule has 0 aliphatic carbocycles. The predicted octanol–water partition coefficient (Wildman–Crippen LogP) is 2.95. The van der Waals surface area contributed by atoms with Crippen molar-refractivity contribution in [1.82, 2.24) is 5.32 Å². The third-order valence-corrected chi connectivity index (χ3v) is 2.97. The van der Waals surface area contributed by atoms with Crippen molar-refractivity contribution in [2.24, 2.45) is 0 Å². The Hall–Kier alpha value is -2.33. The molecule has 0 bridgehead atoms. The van der Waals surface area contributed by atoms with E-state index in [0.29, 0.717) is 21.8 Å². The van der Waals surface area contributed by atoms with Crippen LogP contribution in [0.1, 0.15) is 20.7 Å². The molecule has 0 spiro atoms. The summed E-state index contributed by atoms with van der Waals surface area (Å²) in [6.45, 7) is 0. The third kappa shape index (κ3) is 3.16. The first-order valence-corrected chi connectivity index (χ1v) is 6.37. The van der Waals surface area contributed by atoms with Gasteiger partial charge >= 0.3 is 0 Å². The van der Waals surface area contributed by atoms with E-state index in [1.165, 1.54) is 7.05 Å².